The van der Waals surface area contributed by atoms with Crippen molar-refractivity contribution in [1.29, 1.82) is 5.26 Å². The zero-order valence-electron chi connectivity index (χ0n) is 8.38. The average Bonchev–Trinajstić information content (AvgIpc) is 2.25. The van der Waals surface area contributed by atoms with Crippen molar-refractivity contribution in [2.75, 3.05) is 0 Å². The Balaban J connectivity index is 3.68. The summed E-state index contributed by atoms with van der Waals surface area (Å²) in [7, 11) is 0. The van der Waals surface area contributed by atoms with E-state index in [0.717, 1.165) is 12.1 Å². The number of nitrogens with two attached hydrogens (primary N) is 1. The fourth-order valence-electron chi connectivity index (χ4n) is 1.48. The van der Waals surface area contributed by atoms with Crippen molar-refractivity contribution < 1.29 is 23.1 Å². The maximum Gasteiger partial charge on any atom is 0.418 e. The molecule has 0 amide bonds. The third-order valence-electron chi connectivity index (χ3n) is 2.15. The summed E-state index contributed by atoms with van der Waals surface area (Å²) in [4.78, 5) is 10.8. The second-order valence-electron chi connectivity index (χ2n) is 3.13. The van der Waals surface area contributed by atoms with Crippen molar-refractivity contribution in [2.24, 2.45) is 5.73 Å². The predicted octanol–water partition coefficient (Wildman–Crippen LogP) is 1.73. The molecule has 0 spiro atoms. The molecule has 0 saturated carbocycles. The van der Waals surface area contributed by atoms with Gasteiger partial charge in [0.1, 0.15) is 0 Å². The van der Waals surface area contributed by atoms with Crippen LogP contribution < -0.4 is 5.73 Å². The molecule has 1 aromatic carbocycles. The third kappa shape index (κ3) is 2.37. The number of halogens is 3. The summed E-state index contributed by atoms with van der Waals surface area (Å²) in [6, 6.07) is 3.14. The summed E-state index contributed by atoms with van der Waals surface area (Å²) in [5.74, 6) is -1.51. The topological polar surface area (TPSA) is 87.1 Å². The van der Waals surface area contributed by atoms with Gasteiger partial charge < -0.3 is 10.8 Å². The molecule has 1 aromatic rings. The minimum atomic E-state index is -4.81. The van der Waals surface area contributed by atoms with E-state index in [-0.39, 0.29) is 0 Å². The van der Waals surface area contributed by atoms with Gasteiger partial charge >= 0.3 is 12.1 Å². The van der Waals surface area contributed by atoms with Crippen LogP contribution in [0.1, 0.15) is 27.0 Å². The van der Waals surface area contributed by atoms with Gasteiger partial charge in [-0.05, 0) is 17.7 Å². The highest BCUT2D eigenvalue weighted by Crippen LogP contribution is 2.35. The van der Waals surface area contributed by atoms with E-state index in [0.29, 0.717) is 0 Å². The summed E-state index contributed by atoms with van der Waals surface area (Å²) in [5, 5.41) is 17.3. The monoisotopic (exact) mass is 244 g/mol. The number of hydrogen-bond acceptors (Lipinski definition) is 3. The molecular weight excluding hydrogens is 237 g/mol. The van der Waals surface area contributed by atoms with Crippen LogP contribution in [0, 0.1) is 11.3 Å². The van der Waals surface area contributed by atoms with Gasteiger partial charge in [0.15, 0.2) is 0 Å². The van der Waals surface area contributed by atoms with Gasteiger partial charge in [0.2, 0.25) is 0 Å². The molecule has 0 aromatic heterocycles. The molecule has 7 heteroatoms. The Morgan fingerprint density at radius 1 is 1.47 bits per heavy atom. The Morgan fingerprint density at radius 2 is 2.06 bits per heavy atom. The SMILES string of the molecule is N#Cc1ccc(C(=O)O)c(CN)c1C(F)(F)F. The first-order valence-electron chi connectivity index (χ1n) is 4.39. The van der Waals surface area contributed by atoms with Gasteiger partial charge in [-0.2, -0.15) is 18.4 Å². The quantitative estimate of drug-likeness (QED) is 0.829. The Labute approximate surface area is 94.1 Å². The van der Waals surface area contributed by atoms with Crippen molar-refractivity contribution in [3.8, 4) is 6.07 Å². The van der Waals surface area contributed by atoms with Crippen molar-refractivity contribution in [3.63, 3.8) is 0 Å². The highest BCUT2D eigenvalue weighted by atomic mass is 19.4. The summed E-state index contributed by atoms with van der Waals surface area (Å²) in [6.45, 7) is -0.605. The highest BCUT2D eigenvalue weighted by molar-refractivity contribution is 5.90. The van der Waals surface area contributed by atoms with Gasteiger partial charge in [-0.3, -0.25) is 0 Å². The van der Waals surface area contributed by atoms with Gasteiger partial charge in [0, 0.05) is 6.54 Å². The molecular formula is C10H7F3N2O2. The van der Waals surface area contributed by atoms with Crippen molar-refractivity contribution in [3.05, 3.63) is 34.4 Å². The van der Waals surface area contributed by atoms with Crippen LogP contribution in [0.5, 0.6) is 0 Å². The highest BCUT2D eigenvalue weighted by Gasteiger charge is 2.37. The van der Waals surface area contributed by atoms with Gasteiger partial charge in [0.25, 0.3) is 0 Å². The van der Waals surface area contributed by atoms with Crippen LogP contribution >= 0.6 is 0 Å². The van der Waals surface area contributed by atoms with E-state index in [1.165, 1.54) is 6.07 Å². The van der Waals surface area contributed by atoms with Crippen molar-refractivity contribution >= 4 is 5.97 Å². The first-order valence-corrected chi connectivity index (χ1v) is 4.39. The first-order chi connectivity index (χ1) is 7.82. The second-order valence-corrected chi connectivity index (χ2v) is 3.13. The van der Waals surface area contributed by atoms with Crippen LogP contribution in [0.3, 0.4) is 0 Å². The van der Waals surface area contributed by atoms with Crippen LogP contribution in [0.25, 0.3) is 0 Å². The average molecular weight is 244 g/mol. The molecule has 0 unspecified atom stereocenters. The van der Waals surface area contributed by atoms with Gasteiger partial charge in [-0.25, -0.2) is 4.79 Å². The van der Waals surface area contributed by atoms with Crippen LogP contribution in [-0.2, 0) is 12.7 Å². The molecule has 3 N–H and O–H groups in total. The molecule has 4 nitrogen and oxygen atoms in total. The molecule has 17 heavy (non-hydrogen) atoms. The molecule has 0 aliphatic rings. The van der Waals surface area contributed by atoms with Gasteiger partial charge in [-0.15, -0.1) is 0 Å². The van der Waals surface area contributed by atoms with E-state index in [2.05, 4.69) is 0 Å². The fourth-order valence-corrected chi connectivity index (χ4v) is 1.48. The number of rotatable bonds is 2. The minimum Gasteiger partial charge on any atom is -0.478 e. The van der Waals surface area contributed by atoms with E-state index >= 15 is 0 Å². The molecule has 90 valence electrons. The molecule has 0 heterocycles. The number of aromatic carboxylic acids is 1. The number of benzene rings is 1. The number of hydrogen-bond donors (Lipinski definition) is 2. The van der Waals surface area contributed by atoms with Crippen LogP contribution in [0.2, 0.25) is 0 Å². The van der Waals surface area contributed by atoms with E-state index in [4.69, 9.17) is 16.1 Å². The number of carboxylic acids is 1. The molecule has 0 fully saturated rings. The molecule has 0 aliphatic carbocycles. The fraction of sp³-hybridized carbons (Fsp3) is 0.200. The lowest BCUT2D eigenvalue weighted by atomic mass is 9.96. The summed E-state index contributed by atoms with van der Waals surface area (Å²) in [5.41, 5.74) is 2.10. The number of nitrogens with zero attached hydrogens (tertiary/aromatic N) is 1. The molecule has 1 rings (SSSR count). The van der Waals surface area contributed by atoms with Crippen LogP contribution in [0.4, 0.5) is 13.2 Å². The van der Waals surface area contributed by atoms with Gasteiger partial charge in [0.05, 0.1) is 22.8 Å². The standard InChI is InChI=1S/C10H7F3N2O2/c11-10(12,13)8-5(3-14)1-2-6(9(16)17)7(8)4-15/h1-2H,4,15H2,(H,16,17). The number of alkyl halides is 3. The van der Waals surface area contributed by atoms with Crippen molar-refractivity contribution in [2.45, 2.75) is 12.7 Å². The zero-order chi connectivity index (χ0) is 13.2. The number of carboxylic acid groups (broad SMARTS) is 1. The van der Waals surface area contributed by atoms with Crippen molar-refractivity contribution in [1.82, 2.24) is 0 Å². The van der Waals surface area contributed by atoms with Crippen LogP contribution in [-0.4, -0.2) is 11.1 Å². The molecule has 0 aliphatic heterocycles. The normalized spacial score (nSPS) is 11.0. The Morgan fingerprint density at radius 3 is 2.41 bits per heavy atom. The van der Waals surface area contributed by atoms with E-state index < -0.39 is 40.9 Å². The third-order valence-corrected chi connectivity index (χ3v) is 2.15. The number of carbonyl (C=O) groups is 1. The predicted molar refractivity (Wildman–Crippen MR) is 51.0 cm³/mol. The maximum atomic E-state index is 12.7. The van der Waals surface area contributed by atoms with E-state index in [1.54, 1.807) is 0 Å². The van der Waals surface area contributed by atoms with E-state index in [9.17, 15) is 18.0 Å². The Hall–Kier alpha value is -2.07. The maximum absolute atomic E-state index is 12.7. The minimum absolute atomic E-state index is 0.543. The summed E-state index contributed by atoms with van der Waals surface area (Å²) >= 11 is 0. The summed E-state index contributed by atoms with van der Waals surface area (Å²) < 4.78 is 38.2. The van der Waals surface area contributed by atoms with Crippen LogP contribution in [0.15, 0.2) is 12.1 Å². The second kappa shape index (κ2) is 4.43. The molecule has 0 radical (unpaired) electrons. The Kier molecular flexibility index (Phi) is 3.39. The Bertz CT molecular complexity index is 503. The lowest BCUT2D eigenvalue weighted by molar-refractivity contribution is -0.138. The number of nitriles is 1. The lowest BCUT2D eigenvalue weighted by Crippen LogP contribution is -2.18. The lowest BCUT2D eigenvalue weighted by Gasteiger charge is -2.15. The molecule has 0 saturated heterocycles. The largest absolute Gasteiger partial charge is 0.478 e. The van der Waals surface area contributed by atoms with E-state index in [1.807, 2.05) is 0 Å². The first kappa shape index (κ1) is 13.0. The van der Waals surface area contributed by atoms with Gasteiger partial charge in [-0.1, -0.05) is 0 Å². The molecule has 0 bridgehead atoms. The smallest absolute Gasteiger partial charge is 0.418 e. The molecule has 0 atom stereocenters. The summed E-state index contributed by atoms with van der Waals surface area (Å²) in [6.07, 6.45) is -4.81. The zero-order valence-corrected chi connectivity index (χ0v) is 8.38.